The maximum Gasteiger partial charge on any atom is 0.272 e. The third-order valence-electron chi connectivity index (χ3n) is 6.09. The lowest BCUT2D eigenvalue weighted by Gasteiger charge is -2.41. The van der Waals surface area contributed by atoms with Gasteiger partial charge in [0, 0.05) is 31.2 Å². The molecule has 0 spiro atoms. The van der Waals surface area contributed by atoms with Crippen molar-refractivity contribution in [3.8, 4) is 17.0 Å². The van der Waals surface area contributed by atoms with E-state index in [1.807, 2.05) is 53.4 Å². The Labute approximate surface area is 176 Å². The number of ether oxygens (including phenoxy) is 1. The first kappa shape index (κ1) is 18.9. The first-order valence-corrected chi connectivity index (χ1v) is 10.5. The van der Waals surface area contributed by atoms with Crippen LogP contribution in [0.1, 0.15) is 34.9 Å². The molecule has 2 heterocycles. The lowest BCUT2D eigenvalue weighted by atomic mass is 10.0. The molecule has 1 aliphatic carbocycles. The van der Waals surface area contributed by atoms with Crippen molar-refractivity contribution >= 4 is 5.91 Å². The maximum absolute atomic E-state index is 13.5. The lowest BCUT2D eigenvalue weighted by molar-refractivity contribution is 0.0427. The molecule has 1 N–H and O–H groups in total. The van der Waals surface area contributed by atoms with Crippen molar-refractivity contribution in [1.29, 1.82) is 0 Å². The molecule has 1 unspecified atom stereocenters. The molecular formula is C24H26N4O2. The van der Waals surface area contributed by atoms with Gasteiger partial charge in [-0.25, -0.2) is 0 Å². The van der Waals surface area contributed by atoms with Crippen LogP contribution < -0.4 is 4.74 Å². The fourth-order valence-corrected chi connectivity index (χ4v) is 4.30. The molecule has 154 valence electrons. The Morgan fingerprint density at radius 1 is 1.07 bits per heavy atom. The van der Waals surface area contributed by atoms with Gasteiger partial charge in [0.25, 0.3) is 5.91 Å². The number of nitrogens with one attached hydrogen (secondary N) is 1. The molecule has 3 aromatic rings. The number of amides is 1. The zero-order valence-electron chi connectivity index (χ0n) is 17.1. The van der Waals surface area contributed by atoms with E-state index < -0.39 is 0 Å². The van der Waals surface area contributed by atoms with Crippen LogP contribution in [0.2, 0.25) is 0 Å². The summed E-state index contributed by atoms with van der Waals surface area (Å²) in [6, 6.07) is 20.6. The summed E-state index contributed by atoms with van der Waals surface area (Å²) in [4.78, 5) is 18.0. The number of aromatic amines is 1. The molecule has 1 saturated heterocycles. The monoisotopic (exact) mass is 402 g/mol. The van der Waals surface area contributed by atoms with Gasteiger partial charge in [-0.15, -0.1) is 0 Å². The molecule has 1 saturated carbocycles. The maximum atomic E-state index is 13.5. The van der Waals surface area contributed by atoms with Gasteiger partial charge in [-0.05, 0) is 36.6 Å². The number of carbonyl (C=O) groups excluding carboxylic acids is 1. The normalized spacial score (nSPS) is 19.6. The predicted molar refractivity (Wildman–Crippen MR) is 115 cm³/mol. The van der Waals surface area contributed by atoms with Crippen LogP contribution in [0.15, 0.2) is 60.7 Å². The first-order chi connectivity index (χ1) is 14.7. The minimum Gasteiger partial charge on any atom is -0.497 e. The number of methoxy groups -OCH3 is 1. The van der Waals surface area contributed by atoms with Crippen LogP contribution in [-0.4, -0.2) is 58.7 Å². The second-order valence-corrected chi connectivity index (χ2v) is 8.05. The van der Waals surface area contributed by atoms with Crippen molar-refractivity contribution < 1.29 is 9.53 Å². The van der Waals surface area contributed by atoms with Crippen LogP contribution in [0.25, 0.3) is 11.3 Å². The fourth-order valence-electron chi connectivity index (χ4n) is 4.30. The highest BCUT2D eigenvalue weighted by Gasteiger charge is 2.38. The third kappa shape index (κ3) is 3.71. The minimum atomic E-state index is 0.000876. The molecule has 1 aliphatic heterocycles. The van der Waals surface area contributed by atoms with Crippen LogP contribution in [-0.2, 0) is 0 Å². The van der Waals surface area contributed by atoms with Crippen LogP contribution in [0.3, 0.4) is 0 Å². The number of benzene rings is 2. The average Bonchev–Trinajstić information content (AvgIpc) is 3.55. The third-order valence-corrected chi connectivity index (χ3v) is 6.09. The summed E-state index contributed by atoms with van der Waals surface area (Å²) in [6.45, 7) is 2.54. The van der Waals surface area contributed by atoms with E-state index in [-0.39, 0.29) is 11.9 Å². The molecule has 1 amide bonds. The number of piperazine rings is 1. The largest absolute Gasteiger partial charge is 0.497 e. The second-order valence-electron chi connectivity index (χ2n) is 8.05. The van der Waals surface area contributed by atoms with E-state index in [0.717, 1.165) is 36.6 Å². The van der Waals surface area contributed by atoms with Crippen molar-refractivity contribution in [2.75, 3.05) is 26.7 Å². The van der Waals surface area contributed by atoms with Gasteiger partial charge in [0.15, 0.2) is 0 Å². The fraction of sp³-hybridized carbons (Fsp3) is 0.333. The van der Waals surface area contributed by atoms with Crippen molar-refractivity contribution in [3.05, 3.63) is 71.9 Å². The van der Waals surface area contributed by atoms with Crippen molar-refractivity contribution in [3.63, 3.8) is 0 Å². The van der Waals surface area contributed by atoms with E-state index in [4.69, 9.17) is 4.74 Å². The average molecular weight is 402 g/mol. The molecule has 6 nitrogen and oxygen atoms in total. The smallest absolute Gasteiger partial charge is 0.272 e. The number of hydrogen-bond donors (Lipinski definition) is 1. The highest BCUT2D eigenvalue weighted by atomic mass is 16.5. The van der Waals surface area contributed by atoms with Crippen molar-refractivity contribution in [2.45, 2.75) is 24.9 Å². The van der Waals surface area contributed by atoms with Gasteiger partial charge in [0.1, 0.15) is 11.4 Å². The molecule has 30 heavy (non-hydrogen) atoms. The van der Waals surface area contributed by atoms with E-state index in [2.05, 4.69) is 27.2 Å². The number of aromatic nitrogens is 2. The zero-order chi connectivity index (χ0) is 20.5. The molecule has 0 radical (unpaired) electrons. The second kappa shape index (κ2) is 7.95. The number of nitrogens with zero attached hydrogens (tertiary/aromatic N) is 3. The Bertz CT molecular complexity index is 1030. The molecule has 1 atom stereocenters. The van der Waals surface area contributed by atoms with Crippen LogP contribution in [0, 0.1) is 0 Å². The number of carbonyl (C=O) groups is 1. The SMILES string of the molecule is COc1cccc(-c2cc(C(=O)N3CCN(C4CC4)CC3c3ccccc3)[nH]n2)c1. The summed E-state index contributed by atoms with van der Waals surface area (Å²) >= 11 is 0. The molecular weight excluding hydrogens is 376 g/mol. The molecule has 0 bridgehead atoms. The van der Waals surface area contributed by atoms with E-state index >= 15 is 0 Å². The Morgan fingerprint density at radius 2 is 1.90 bits per heavy atom. The molecule has 2 fully saturated rings. The Kier molecular flexibility index (Phi) is 5.01. The summed E-state index contributed by atoms with van der Waals surface area (Å²) in [6.07, 6.45) is 2.56. The van der Waals surface area contributed by atoms with Crippen LogP contribution in [0.4, 0.5) is 0 Å². The van der Waals surface area contributed by atoms with E-state index in [0.29, 0.717) is 11.7 Å². The van der Waals surface area contributed by atoms with Gasteiger partial charge < -0.3 is 9.64 Å². The number of rotatable bonds is 5. The topological polar surface area (TPSA) is 61.5 Å². The number of H-pyrrole nitrogens is 1. The predicted octanol–water partition coefficient (Wildman–Crippen LogP) is 3.75. The summed E-state index contributed by atoms with van der Waals surface area (Å²) < 4.78 is 5.31. The van der Waals surface area contributed by atoms with Gasteiger partial charge >= 0.3 is 0 Å². The summed E-state index contributed by atoms with van der Waals surface area (Å²) in [5.74, 6) is 0.768. The molecule has 1 aromatic heterocycles. The minimum absolute atomic E-state index is 0.000876. The van der Waals surface area contributed by atoms with E-state index in [1.54, 1.807) is 7.11 Å². The quantitative estimate of drug-likeness (QED) is 0.706. The van der Waals surface area contributed by atoms with Gasteiger partial charge in [-0.1, -0.05) is 42.5 Å². The van der Waals surface area contributed by atoms with Crippen LogP contribution in [0.5, 0.6) is 5.75 Å². The Morgan fingerprint density at radius 3 is 2.67 bits per heavy atom. The van der Waals surface area contributed by atoms with Gasteiger partial charge in [0.2, 0.25) is 0 Å². The number of hydrogen-bond acceptors (Lipinski definition) is 4. The van der Waals surface area contributed by atoms with E-state index in [1.165, 1.54) is 18.4 Å². The first-order valence-electron chi connectivity index (χ1n) is 10.5. The van der Waals surface area contributed by atoms with E-state index in [9.17, 15) is 4.79 Å². The molecule has 2 aromatic carbocycles. The highest BCUT2D eigenvalue weighted by molar-refractivity contribution is 5.93. The van der Waals surface area contributed by atoms with Crippen molar-refractivity contribution in [1.82, 2.24) is 20.0 Å². The van der Waals surface area contributed by atoms with Gasteiger partial charge in [0.05, 0.1) is 18.8 Å². The Hall–Kier alpha value is -3.12. The van der Waals surface area contributed by atoms with Crippen LogP contribution >= 0.6 is 0 Å². The summed E-state index contributed by atoms with van der Waals surface area (Å²) in [5.41, 5.74) is 3.37. The summed E-state index contributed by atoms with van der Waals surface area (Å²) in [5, 5.41) is 7.35. The molecule has 6 heteroatoms. The van der Waals surface area contributed by atoms with Gasteiger partial charge in [-0.2, -0.15) is 5.10 Å². The standard InChI is InChI=1S/C24H26N4O2/c1-30-20-9-5-8-18(14-20)21-15-22(26-25-21)24(29)28-13-12-27(19-10-11-19)16-23(28)17-6-3-2-4-7-17/h2-9,14-15,19,23H,10-13,16H2,1H3,(H,25,26). The highest BCUT2D eigenvalue weighted by Crippen LogP contribution is 2.34. The molecule has 5 rings (SSSR count). The van der Waals surface area contributed by atoms with Gasteiger partial charge in [-0.3, -0.25) is 14.8 Å². The molecule has 2 aliphatic rings. The lowest BCUT2D eigenvalue weighted by Crippen LogP contribution is -2.51. The Balaban J connectivity index is 1.40. The van der Waals surface area contributed by atoms with Crippen molar-refractivity contribution in [2.24, 2.45) is 0 Å². The summed E-state index contributed by atoms with van der Waals surface area (Å²) in [7, 11) is 1.64. The zero-order valence-corrected chi connectivity index (χ0v) is 17.1.